The van der Waals surface area contributed by atoms with Crippen molar-refractivity contribution >= 4 is 41.4 Å². The fourth-order valence-corrected chi connectivity index (χ4v) is 2.71. The van der Waals surface area contributed by atoms with E-state index in [1.807, 2.05) is 18.2 Å². The lowest BCUT2D eigenvalue weighted by Gasteiger charge is -2.12. The molecule has 1 aromatic carbocycles. The van der Waals surface area contributed by atoms with Gasteiger partial charge in [0.1, 0.15) is 5.69 Å². The van der Waals surface area contributed by atoms with E-state index < -0.39 is 0 Å². The molecular weight excluding hydrogens is 362 g/mol. The van der Waals surface area contributed by atoms with Gasteiger partial charge in [0.2, 0.25) is 0 Å². The molecule has 0 radical (unpaired) electrons. The minimum absolute atomic E-state index is 0. The number of urea groups is 1. The number of hydrogen-bond acceptors (Lipinski definition) is 5. The van der Waals surface area contributed by atoms with Crippen molar-refractivity contribution in [2.75, 3.05) is 26.0 Å². The molecule has 1 heterocycles. The highest BCUT2D eigenvalue weighted by Gasteiger charge is 2.10. The Labute approximate surface area is 157 Å². The highest BCUT2D eigenvalue weighted by atomic mass is 35.5. The van der Waals surface area contributed by atoms with Crippen LogP contribution in [0.1, 0.15) is 21.1 Å². The molecule has 0 saturated heterocycles. The lowest BCUT2D eigenvalue weighted by molar-refractivity contribution is 0.0946. The smallest absolute Gasteiger partial charge is 0.321 e. The number of carbonyl (C=O) groups excluding carboxylic acids is 2. The van der Waals surface area contributed by atoms with Gasteiger partial charge in [0, 0.05) is 38.1 Å². The third kappa shape index (κ3) is 6.33. The molecule has 0 fully saturated rings. The van der Waals surface area contributed by atoms with E-state index in [-0.39, 0.29) is 24.3 Å². The van der Waals surface area contributed by atoms with Gasteiger partial charge in [-0.05, 0) is 24.2 Å². The first kappa shape index (κ1) is 20.9. The molecule has 0 aliphatic carbocycles. The molecule has 0 unspecified atom stereocenters. The van der Waals surface area contributed by atoms with Crippen molar-refractivity contribution < 1.29 is 9.59 Å². The molecule has 0 atom stereocenters. The molecule has 9 heteroatoms. The van der Waals surface area contributed by atoms with Crippen molar-refractivity contribution in [3.8, 4) is 0 Å². The number of amides is 3. The highest BCUT2D eigenvalue weighted by molar-refractivity contribution is 7.09. The number of rotatable bonds is 6. The average molecular weight is 384 g/mol. The molecule has 2 aromatic rings. The fourth-order valence-electron chi connectivity index (χ4n) is 1.92. The SMILES string of the molecule is CN(C)C(=O)Nc1cccc(CNC(=O)c2csc(CCN)n2)c1.Cl. The van der Waals surface area contributed by atoms with Crippen LogP contribution >= 0.6 is 23.7 Å². The molecule has 2 rings (SSSR count). The summed E-state index contributed by atoms with van der Waals surface area (Å²) in [6.45, 7) is 0.869. The van der Waals surface area contributed by atoms with E-state index in [0.717, 1.165) is 10.6 Å². The van der Waals surface area contributed by atoms with Gasteiger partial charge in [-0.25, -0.2) is 9.78 Å². The number of carbonyl (C=O) groups is 2. The van der Waals surface area contributed by atoms with E-state index in [1.54, 1.807) is 25.5 Å². The van der Waals surface area contributed by atoms with Crippen LogP contribution in [0.5, 0.6) is 0 Å². The summed E-state index contributed by atoms with van der Waals surface area (Å²) in [4.78, 5) is 29.5. The zero-order valence-electron chi connectivity index (χ0n) is 14.1. The van der Waals surface area contributed by atoms with Gasteiger partial charge in [0.05, 0.1) is 5.01 Å². The summed E-state index contributed by atoms with van der Waals surface area (Å²) < 4.78 is 0. The monoisotopic (exact) mass is 383 g/mol. The van der Waals surface area contributed by atoms with E-state index in [0.29, 0.717) is 30.9 Å². The summed E-state index contributed by atoms with van der Waals surface area (Å²) in [7, 11) is 3.35. The highest BCUT2D eigenvalue weighted by Crippen LogP contribution is 2.12. The normalized spacial score (nSPS) is 9.88. The number of nitrogens with zero attached hydrogens (tertiary/aromatic N) is 2. The third-order valence-electron chi connectivity index (χ3n) is 3.18. The van der Waals surface area contributed by atoms with Crippen molar-refractivity contribution in [2.24, 2.45) is 5.73 Å². The first-order valence-electron chi connectivity index (χ1n) is 7.49. The van der Waals surface area contributed by atoms with E-state index in [1.165, 1.54) is 16.2 Å². The van der Waals surface area contributed by atoms with E-state index in [4.69, 9.17) is 5.73 Å². The summed E-state index contributed by atoms with van der Waals surface area (Å²) in [5.41, 5.74) is 7.45. The molecule has 4 N–H and O–H groups in total. The maximum absolute atomic E-state index is 12.1. The second kappa shape index (κ2) is 9.97. The standard InChI is InChI=1S/C16H21N5O2S.ClH/c1-21(2)16(23)19-12-5-3-4-11(8-12)9-18-15(22)13-10-24-14(20-13)6-7-17;/h3-5,8,10H,6-7,9,17H2,1-2H3,(H,18,22)(H,19,23);1H. The summed E-state index contributed by atoms with van der Waals surface area (Å²) in [6.07, 6.45) is 0.672. The number of aromatic nitrogens is 1. The van der Waals surface area contributed by atoms with Crippen LogP contribution in [0.4, 0.5) is 10.5 Å². The molecule has 0 bridgehead atoms. The molecule has 0 saturated carbocycles. The first-order chi connectivity index (χ1) is 11.5. The largest absolute Gasteiger partial charge is 0.347 e. The number of nitrogens with two attached hydrogens (primary N) is 1. The quantitative estimate of drug-likeness (QED) is 0.711. The molecule has 7 nitrogen and oxygen atoms in total. The van der Waals surface area contributed by atoms with Gasteiger partial charge in [-0.15, -0.1) is 23.7 Å². The topological polar surface area (TPSA) is 100 Å². The van der Waals surface area contributed by atoms with Gasteiger partial charge >= 0.3 is 6.03 Å². The van der Waals surface area contributed by atoms with Crippen LogP contribution < -0.4 is 16.4 Å². The lowest BCUT2D eigenvalue weighted by Crippen LogP contribution is -2.27. The summed E-state index contributed by atoms with van der Waals surface area (Å²) >= 11 is 1.43. The second-order valence-electron chi connectivity index (χ2n) is 5.37. The molecule has 25 heavy (non-hydrogen) atoms. The van der Waals surface area contributed by atoms with E-state index in [2.05, 4.69) is 15.6 Å². The van der Waals surface area contributed by atoms with Gasteiger partial charge in [-0.2, -0.15) is 0 Å². The second-order valence-corrected chi connectivity index (χ2v) is 6.32. The van der Waals surface area contributed by atoms with Gasteiger partial charge in [-0.3, -0.25) is 4.79 Å². The maximum atomic E-state index is 12.1. The number of hydrogen-bond donors (Lipinski definition) is 3. The lowest BCUT2D eigenvalue weighted by atomic mass is 10.2. The molecule has 0 aliphatic heterocycles. The van der Waals surface area contributed by atoms with Crippen LogP contribution in [0.2, 0.25) is 0 Å². The molecule has 0 aliphatic rings. The molecular formula is C16H22ClN5O2S. The van der Waals surface area contributed by atoms with Crippen molar-refractivity contribution in [2.45, 2.75) is 13.0 Å². The minimum Gasteiger partial charge on any atom is -0.347 e. The Morgan fingerprint density at radius 2 is 2.08 bits per heavy atom. The number of nitrogens with one attached hydrogen (secondary N) is 2. The zero-order valence-corrected chi connectivity index (χ0v) is 15.7. The van der Waals surface area contributed by atoms with Gasteiger partial charge < -0.3 is 21.3 Å². The van der Waals surface area contributed by atoms with E-state index >= 15 is 0 Å². The number of halogens is 1. The molecule has 136 valence electrons. The van der Waals surface area contributed by atoms with Crippen molar-refractivity contribution in [1.29, 1.82) is 0 Å². The summed E-state index contributed by atoms with van der Waals surface area (Å²) in [5, 5.41) is 8.18. The predicted molar refractivity (Wildman–Crippen MR) is 102 cm³/mol. The Hall–Kier alpha value is -2.16. The van der Waals surface area contributed by atoms with Crippen LogP contribution in [0.3, 0.4) is 0 Å². The van der Waals surface area contributed by atoms with Crippen LogP contribution in [-0.2, 0) is 13.0 Å². The Morgan fingerprint density at radius 1 is 1.32 bits per heavy atom. The van der Waals surface area contributed by atoms with Crippen LogP contribution in [0.25, 0.3) is 0 Å². The average Bonchev–Trinajstić information content (AvgIpc) is 3.02. The van der Waals surface area contributed by atoms with Crippen molar-refractivity contribution in [1.82, 2.24) is 15.2 Å². The summed E-state index contributed by atoms with van der Waals surface area (Å²) in [5.74, 6) is -0.225. The predicted octanol–water partition coefficient (Wildman–Crippen LogP) is 2.09. The Bertz CT molecular complexity index is 720. The van der Waals surface area contributed by atoms with E-state index in [9.17, 15) is 9.59 Å². The number of thiazole rings is 1. The van der Waals surface area contributed by atoms with Crippen molar-refractivity contribution in [3.05, 3.63) is 45.9 Å². The Morgan fingerprint density at radius 3 is 2.76 bits per heavy atom. The first-order valence-corrected chi connectivity index (χ1v) is 8.37. The van der Waals surface area contributed by atoms with Gasteiger partial charge in [-0.1, -0.05) is 12.1 Å². The van der Waals surface area contributed by atoms with Gasteiger partial charge in [0.25, 0.3) is 5.91 Å². The molecule has 3 amide bonds. The summed E-state index contributed by atoms with van der Waals surface area (Å²) in [6, 6.07) is 7.13. The fraction of sp³-hybridized carbons (Fsp3) is 0.312. The van der Waals surface area contributed by atoms with Crippen molar-refractivity contribution in [3.63, 3.8) is 0 Å². The van der Waals surface area contributed by atoms with Crippen LogP contribution in [-0.4, -0.2) is 42.5 Å². The van der Waals surface area contributed by atoms with Crippen LogP contribution in [0, 0.1) is 0 Å². The number of benzene rings is 1. The van der Waals surface area contributed by atoms with Gasteiger partial charge in [0.15, 0.2) is 0 Å². The maximum Gasteiger partial charge on any atom is 0.321 e. The van der Waals surface area contributed by atoms with Crippen LogP contribution in [0.15, 0.2) is 29.6 Å². The molecule has 1 aromatic heterocycles. The Kier molecular flexibility index (Phi) is 8.33. The third-order valence-corrected chi connectivity index (χ3v) is 4.09. The Balaban J connectivity index is 0.00000312. The number of anilines is 1. The zero-order chi connectivity index (χ0) is 17.5. The molecule has 0 spiro atoms. The minimum atomic E-state index is -0.225.